The number of thioether (sulfide) groups is 1. The van der Waals surface area contributed by atoms with Gasteiger partial charge in [-0.3, -0.25) is 10.1 Å². The smallest absolute Gasteiger partial charge is 0.298 e. The number of benzene rings is 1. The van der Waals surface area contributed by atoms with Crippen molar-refractivity contribution in [1.29, 1.82) is 0 Å². The van der Waals surface area contributed by atoms with Gasteiger partial charge in [0, 0.05) is 17.4 Å². The Bertz CT molecular complexity index is 650. The first-order valence-corrected chi connectivity index (χ1v) is 8.29. The maximum Gasteiger partial charge on any atom is 0.298 e. The fourth-order valence-electron chi connectivity index (χ4n) is 2.76. The minimum atomic E-state index is -0.432. The van der Waals surface area contributed by atoms with Crippen molar-refractivity contribution in [3.63, 3.8) is 0 Å². The van der Waals surface area contributed by atoms with Crippen molar-refractivity contribution in [2.75, 3.05) is 11.6 Å². The Hall–Kier alpha value is -1.76. The number of fused-ring (bicyclic) bond motifs is 1. The number of non-ortho nitro benzene ring substituents is 1. The van der Waals surface area contributed by atoms with Crippen LogP contribution in [0, 0.1) is 10.1 Å². The van der Waals surface area contributed by atoms with Crippen molar-refractivity contribution >= 4 is 34.6 Å². The minimum absolute atomic E-state index is 0.0182. The van der Waals surface area contributed by atoms with Gasteiger partial charge in [-0.25, -0.2) is 0 Å². The van der Waals surface area contributed by atoms with Crippen LogP contribution < -0.4 is 5.32 Å². The van der Waals surface area contributed by atoms with Crippen LogP contribution >= 0.6 is 11.8 Å². The summed E-state index contributed by atoms with van der Waals surface area (Å²) in [5.41, 5.74) is 0.739. The molecule has 3 rings (SSSR count). The highest BCUT2D eigenvalue weighted by atomic mass is 32.2. The minimum Gasteiger partial charge on any atom is -0.423 e. The molecular formula is C14H17N3O3S. The van der Waals surface area contributed by atoms with E-state index in [4.69, 9.17) is 4.42 Å². The van der Waals surface area contributed by atoms with E-state index in [1.165, 1.54) is 18.9 Å². The lowest BCUT2D eigenvalue weighted by Gasteiger charge is -2.27. The van der Waals surface area contributed by atoms with Gasteiger partial charge >= 0.3 is 0 Å². The van der Waals surface area contributed by atoms with E-state index >= 15 is 0 Å². The number of rotatable bonds is 4. The Morgan fingerprint density at radius 1 is 1.38 bits per heavy atom. The van der Waals surface area contributed by atoms with Gasteiger partial charge in [-0.1, -0.05) is 6.07 Å². The highest BCUT2D eigenvalue weighted by Gasteiger charge is 2.23. The summed E-state index contributed by atoms with van der Waals surface area (Å²) in [4.78, 5) is 14.8. The first-order chi connectivity index (χ1) is 10.2. The molecule has 0 spiro atoms. The zero-order chi connectivity index (χ0) is 14.8. The lowest BCUT2D eigenvalue weighted by atomic mass is 9.95. The van der Waals surface area contributed by atoms with Crippen LogP contribution in [0.25, 0.3) is 11.1 Å². The van der Waals surface area contributed by atoms with Gasteiger partial charge in [0.15, 0.2) is 11.1 Å². The molecule has 0 saturated heterocycles. The number of hydrogen-bond donors (Lipinski definition) is 1. The van der Waals surface area contributed by atoms with Crippen molar-refractivity contribution in [3.8, 4) is 0 Å². The van der Waals surface area contributed by atoms with E-state index in [9.17, 15) is 10.1 Å². The van der Waals surface area contributed by atoms with E-state index in [1.54, 1.807) is 12.1 Å². The Morgan fingerprint density at radius 3 is 2.81 bits per heavy atom. The standard InChI is InChI=1S/C14H17N3O3S/c1-21-10-7-5-9(6-8-10)15-14-16-13-11(17(18)19)3-2-4-12(13)20-14/h2-4,9-10H,5-8H2,1H3,(H,15,16). The zero-order valence-corrected chi connectivity index (χ0v) is 12.6. The SMILES string of the molecule is CSC1CCC(Nc2nc3c([N+](=O)[O-])cccc3o2)CC1. The number of para-hydroxylation sites is 1. The summed E-state index contributed by atoms with van der Waals surface area (Å²) >= 11 is 1.92. The molecule has 0 amide bonds. The molecular weight excluding hydrogens is 290 g/mol. The molecule has 1 aliphatic rings. The molecule has 7 heteroatoms. The summed E-state index contributed by atoms with van der Waals surface area (Å²) in [5.74, 6) is 0. The first kappa shape index (κ1) is 14.2. The maximum absolute atomic E-state index is 11.0. The first-order valence-electron chi connectivity index (χ1n) is 7.00. The second-order valence-corrected chi connectivity index (χ2v) is 6.39. The average molecular weight is 307 g/mol. The van der Waals surface area contributed by atoms with Crippen molar-refractivity contribution in [2.24, 2.45) is 0 Å². The van der Waals surface area contributed by atoms with Crippen molar-refractivity contribution < 1.29 is 9.34 Å². The fraction of sp³-hybridized carbons (Fsp3) is 0.500. The Labute approximate surface area is 126 Å². The number of nitro benzene ring substituents is 1. The molecule has 1 heterocycles. The zero-order valence-electron chi connectivity index (χ0n) is 11.7. The average Bonchev–Trinajstić information content (AvgIpc) is 2.89. The Morgan fingerprint density at radius 2 is 2.14 bits per heavy atom. The molecule has 112 valence electrons. The van der Waals surface area contributed by atoms with Gasteiger partial charge in [0.2, 0.25) is 0 Å². The second-order valence-electron chi connectivity index (χ2n) is 5.25. The highest BCUT2D eigenvalue weighted by molar-refractivity contribution is 7.99. The van der Waals surface area contributed by atoms with E-state index in [1.807, 2.05) is 11.8 Å². The van der Waals surface area contributed by atoms with E-state index in [0.29, 0.717) is 23.2 Å². The maximum atomic E-state index is 11.0. The summed E-state index contributed by atoms with van der Waals surface area (Å²) in [6.07, 6.45) is 6.66. The molecule has 1 aliphatic carbocycles. The number of nitrogens with one attached hydrogen (secondary N) is 1. The van der Waals surface area contributed by atoms with Crippen LogP contribution in [-0.2, 0) is 0 Å². The van der Waals surface area contributed by atoms with Crippen LogP contribution in [-0.4, -0.2) is 27.5 Å². The van der Waals surface area contributed by atoms with Crippen LogP contribution in [0.15, 0.2) is 22.6 Å². The molecule has 1 saturated carbocycles. The summed E-state index contributed by atoms with van der Waals surface area (Å²) in [6, 6.07) is 5.47. The second kappa shape index (κ2) is 5.93. The monoisotopic (exact) mass is 307 g/mol. The van der Waals surface area contributed by atoms with Gasteiger partial charge in [-0.2, -0.15) is 16.7 Å². The van der Waals surface area contributed by atoms with Gasteiger partial charge in [0.05, 0.1) is 4.92 Å². The van der Waals surface area contributed by atoms with Crippen LogP contribution in [0.5, 0.6) is 0 Å². The third kappa shape index (κ3) is 2.97. The van der Waals surface area contributed by atoms with Gasteiger partial charge in [-0.05, 0) is 38.0 Å². The summed E-state index contributed by atoms with van der Waals surface area (Å²) < 4.78 is 5.58. The van der Waals surface area contributed by atoms with Gasteiger partial charge in [-0.15, -0.1) is 0 Å². The number of nitro groups is 1. The van der Waals surface area contributed by atoms with Gasteiger partial charge in [0.25, 0.3) is 11.7 Å². The summed E-state index contributed by atoms with van der Waals surface area (Å²) in [7, 11) is 0. The normalized spacial score (nSPS) is 22.3. The number of anilines is 1. The number of oxazole rings is 1. The van der Waals surface area contributed by atoms with E-state index < -0.39 is 4.92 Å². The van der Waals surface area contributed by atoms with Crippen LogP contribution in [0.4, 0.5) is 11.7 Å². The van der Waals surface area contributed by atoms with Gasteiger partial charge < -0.3 is 9.73 Å². The van der Waals surface area contributed by atoms with E-state index in [0.717, 1.165) is 18.1 Å². The number of aromatic nitrogens is 1. The van der Waals surface area contributed by atoms with Crippen molar-refractivity contribution in [1.82, 2.24) is 4.98 Å². The van der Waals surface area contributed by atoms with E-state index in [2.05, 4.69) is 16.6 Å². The van der Waals surface area contributed by atoms with Crippen molar-refractivity contribution in [3.05, 3.63) is 28.3 Å². The van der Waals surface area contributed by atoms with Crippen LogP contribution in [0.1, 0.15) is 25.7 Å². The molecule has 1 fully saturated rings. The highest BCUT2D eigenvalue weighted by Crippen LogP contribution is 2.31. The van der Waals surface area contributed by atoms with Crippen LogP contribution in [0.2, 0.25) is 0 Å². The van der Waals surface area contributed by atoms with Gasteiger partial charge in [0.1, 0.15) is 0 Å². The molecule has 1 aromatic carbocycles. The van der Waals surface area contributed by atoms with Crippen molar-refractivity contribution in [2.45, 2.75) is 37.0 Å². The third-order valence-corrected chi connectivity index (χ3v) is 5.07. The summed E-state index contributed by atoms with van der Waals surface area (Å²) in [6.45, 7) is 0. The lowest BCUT2D eigenvalue weighted by Crippen LogP contribution is -2.27. The molecule has 21 heavy (non-hydrogen) atoms. The van der Waals surface area contributed by atoms with E-state index in [-0.39, 0.29) is 5.69 Å². The summed E-state index contributed by atoms with van der Waals surface area (Å²) in [5, 5.41) is 15.0. The Kier molecular flexibility index (Phi) is 4.01. The number of nitrogens with zero attached hydrogens (tertiary/aromatic N) is 2. The molecule has 1 aromatic heterocycles. The molecule has 0 radical (unpaired) electrons. The fourth-order valence-corrected chi connectivity index (χ4v) is 3.50. The molecule has 0 atom stereocenters. The molecule has 0 aliphatic heterocycles. The predicted molar refractivity (Wildman–Crippen MR) is 83.8 cm³/mol. The molecule has 0 unspecified atom stereocenters. The number of hydrogen-bond acceptors (Lipinski definition) is 6. The molecule has 0 bridgehead atoms. The molecule has 6 nitrogen and oxygen atoms in total. The van der Waals surface area contributed by atoms with Crippen LogP contribution in [0.3, 0.4) is 0 Å². The molecule has 2 aromatic rings. The predicted octanol–water partition coefficient (Wildman–Crippen LogP) is 3.82. The quantitative estimate of drug-likeness (QED) is 0.683. The molecule has 1 N–H and O–H groups in total. The largest absolute Gasteiger partial charge is 0.423 e. The lowest BCUT2D eigenvalue weighted by molar-refractivity contribution is -0.383. The topological polar surface area (TPSA) is 81.2 Å². The Balaban J connectivity index is 1.76. The third-order valence-electron chi connectivity index (χ3n) is 3.93.